The first kappa shape index (κ1) is 20.8. The van der Waals surface area contributed by atoms with Gasteiger partial charge in [0.15, 0.2) is 6.29 Å². The molecular formula is C26H31NO3. The summed E-state index contributed by atoms with van der Waals surface area (Å²) >= 11 is 0. The Kier molecular flexibility index (Phi) is 7.70. The monoisotopic (exact) mass is 405 g/mol. The SMILES string of the molecule is c1ccc(CCCCCOc2ccc(CO[C@H]3CCCCO3)c3ncccc23)cc1. The van der Waals surface area contributed by atoms with E-state index in [1.54, 1.807) is 0 Å². The first-order chi connectivity index (χ1) is 14.9. The minimum atomic E-state index is -0.0932. The lowest BCUT2D eigenvalue weighted by Gasteiger charge is -2.23. The van der Waals surface area contributed by atoms with Crippen LogP contribution in [0.5, 0.6) is 5.75 Å². The fourth-order valence-electron chi connectivity index (χ4n) is 3.91. The second kappa shape index (κ2) is 11.1. The maximum absolute atomic E-state index is 6.12. The average Bonchev–Trinajstić information content (AvgIpc) is 2.82. The van der Waals surface area contributed by atoms with Gasteiger partial charge in [0.25, 0.3) is 0 Å². The number of ether oxygens (including phenoxy) is 3. The van der Waals surface area contributed by atoms with Gasteiger partial charge in [0.05, 0.1) is 18.7 Å². The van der Waals surface area contributed by atoms with E-state index in [-0.39, 0.29) is 6.29 Å². The number of aryl methyl sites for hydroxylation is 1. The molecule has 4 heteroatoms. The van der Waals surface area contributed by atoms with E-state index in [1.165, 1.54) is 24.8 Å². The molecule has 3 aromatic rings. The summed E-state index contributed by atoms with van der Waals surface area (Å²) in [7, 11) is 0. The highest BCUT2D eigenvalue weighted by molar-refractivity contribution is 5.87. The number of fused-ring (bicyclic) bond motifs is 1. The van der Waals surface area contributed by atoms with Crippen LogP contribution in [0.1, 0.15) is 49.7 Å². The summed E-state index contributed by atoms with van der Waals surface area (Å²) in [6.07, 6.45) is 9.54. The number of aromatic nitrogens is 1. The van der Waals surface area contributed by atoms with Crippen LogP contribution in [-0.2, 0) is 22.5 Å². The highest BCUT2D eigenvalue weighted by Crippen LogP contribution is 2.28. The average molecular weight is 406 g/mol. The molecule has 1 aromatic heterocycles. The van der Waals surface area contributed by atoms with Gasteiger partial charge in [-0.25, -0.2) is 0 Å². The predicted octanol–water partition coefficient (Wildman–Crippen LogP) is 6.07. The van der Waals surface area contributed by atoms with Gasteiger partial charge >= 0.3 is 0 Å². The van der Waals surface area contributed by atoms with E-state index in [4.69, 9.17) is 14.2 Å². The van der Waals surface area contributed by atoms with Crippen LogP contribution in [0.4, 0.5) is 0 Å². The molecule has 0 unspecified atom stereocenters. The Hall–Kier alpha value is -2.43. The van der Waals surface area contributed by atoms with Crippen LogP contribution < -0.4 is 4.74 Å². The van der Waals surface area contributed by atoms with Crippen molar-refractivity contribution >= 4 is 10.9 Å². The Morgan fingerprint density at radius 1 is 0.933 bits per heavy atom. The largest absolute Gasteiger partial charge is 0.493 e. The van der Waals surface area contributed by atoms with Gasteiger partial charge < -0.3 is 14.2 Å². The summed E-state index contributed by atoms with van der Waals surface area (Å²) in [5, 5.41) is 1.05. The Morgan fingerprint density at radius 2 is 1.87 bits per heavy atom. The first-order valence-electron chi connectivity index (χ1n) is 11.2. The maximum atomic E-state index is 6.12. The van der Waals surface area contributed by atoms with Gasteiger partial charge in [-0.15, -0.1) is 0 Å². The maximum Gasteiger partial charge on any atom is 0.158 e. The summed E-state index contributed by atoms with van der Waals surface area (Å²) in [5.41, 5.74) is 3.44. The molecule has 1 aliphatic rings. The predicted molar refractivity (Wildman–Crippen MR) is 120 cm³/mol. The van der Waals surface area contributed by atoms with Crippen LogP contribution in [0.2, 0.25) is 0 Å². The third-order valence-electron chi connectivity index (χ3n) is 5.59. The van der Waals surface area contributed by atoms with Crippen molar-refractivity contribution in [1.82, 2.24) is 4.98 Å². The molecule has 2 aromatic carbocycles. The lowest BCUT2D eigenvalue weighted by atomic mass is 10.1. The summed E-state index contributed by atoms with van der Waals surface area (Å²) in [5.74, 6) is 0.902. The molecular weight excluding hydrogens is 374 g/mol. The van der Waals surface area contributed by atoms with Gasteiger partial charge in [-0.05, 0) is 68.7 Å². The van der Waals surface area contributed by atoms with Crippen molar-refractivity contribution in [2.24, 2.45) is 0 Å². The molecule has 1 atom stereocenters. The lowest BCUT2D eigenvalue weighted by Crippen LogP contribution is -2.22. The molecule has 158 valence electrons. The van der Waals surface area contributed by atoms with Gasteiger partial charge in [0, 0.05) is 23.8 Å². The highest BCUT2D eigenvalue weighted by Gasteiger charge is 2.15. The molecule has 1 aliphatic heterocycles. The topological polar surface area (TPSA) is 40.6 Å². The fraction of sp³-hybridized carbons (Fsp3) is 0.423. The third-order valence-corrected chi connectivity index (χ3v) is 5.59. The molecule has 4 rings (SSSR count). The van der Waals surface area contributed by atoms with E-state index in [1.807, 2.05) is 12.3 Å². The second-order valence-electron chi connectivity index (χ2n) is 7.87. The van der Waals surface area contributed by atoms with Gasteiger partial charge in [0.2, 0.25) is 0 Å². The molecule has 1 fully saturated rings. The zero-order valence-electron chi connectivity index (χ0n) is 17.6. The Balaban J connectivity index is 1.28. The van der Waals surface area contributed by atoms with E-state index >= 15 is 0 Å². The van der Waals surface area contributed by atoms with Crippen molar-refractivity contribution in [2.75, 3.05) is 13.2 Å². The van der Waals surface area contributed by atoms with Gasteiger partial charge in [-0.3, -0.25) is 4.98 Å². The number of rotatable bonds is 10. The molecule has 2 heterocycles. The van der Waals surface area contributed by atoms with Gasteiger partial charge in [-0.1, -0.05) is 36.4 Å². The number of nitrogens with zero attached hydrogens (tertiary/aromatic N) is 1. The lowest BCUT2D eigenvalue weighted by molar-refractivity contribution is -0.168. The molecule has 0 N–H and O–H groups in total. The molecule has 0 aliphatic carbocycles. The van der Waals surface area contributed by atoms with Crippen LogP contribution in [0.15, 0.2) is 60.8 Å². The van der Waals surface area contributed by atoms with Crippen molar-refractivity contribution in [1.29, 1.82) is 0 Å². The van der Waals surface area contributed by atoms with E-state index in [0.29, 0.717) is 6.61 Å². The van der Waals surface area contributed by atoms with Crippen LogP contribution in [0.3, 0.4) is 0 Å². The summed E-state index contributed by atoms with van der Waals surface area (Å²) < 4.78 is 17.8. The normalized spacial score (nSPS) is 16.6. The van der Waals surface area contributed by atoms with Crippen molar-refractivity contribution in [2.45, 2.75) is 57.8 Å². The van der Waals surface area contributed by atoms with Crippen molar-refractivity contribution in [3.63, 3.8) is 0 Å². The molecule has 30 heavy (non-hydrogen) atoms. The first-order valence-corrected chi connectivity index (χ1v) is 11.2. The van der Waals surface area contributed by atoms with E-state index in [0.717, 1.165) is 61.1 Å². The quantitative estimate of drug-likeness (QED) is 0.384. The number of pyridine rings is 1. The molecule has 0 radical (unpaired) electrons. The summed E-state index contributed by atoms with van der Waals surface area (Å²) in [4.78, 5) is 4.60. The smallest absolute Gasteiger partial charge is 0.158 e. The minimum absolute atomic E-state index is 0.0932. The second-order valence-corrected chi connectivity index (χ2v) is 7.87. The van der Waals surface area contributed by atoms with Crippen molar-refractivity contribution in [3.05, 3.63) is 71.9 Å². The van der Waals surface area contributed by atoms with E-state index in [2.05, 4.69) is 53.5 Å². The Labute approximate surface area is 179 Å². The minimum Gasteiger partial charge on any atom is -0.493 e. The molecule has 0 amide bonds. The zero-order chi connectivity index (χ0) is 20.4. The van der Waals surface area contributed by atoms with E-state index < -0.39 is 0 Å². The molecule has 1 saturated heterocycles. The number of hydrogen-bond donors (Lipinski definition) is 0. The molecule has 0 saturated carbocycles. The summed E-state index contributed by atoms with van der Waals surface area (Å²) in [6.45, 7) is 2.03. The van der Waals surface area contributed by atoms with Gasteiger partial charge in [-0.2, -0.15) is 0 Å². The molecule has 0 bridgehead atoms. The van der Waals surface area contributed by atoms with Crippen molar-refractivity contribution in [3.8, 4) is 5.75 Å². The Bertz CT molecular complexity index is 907. The van der Waals surface area contributed by atoms with Crippen LogP contribution >= 0.6 is 0 Å². The fourth-order valence-corrected chi connectivity index (χ4v) is 3.91. The third kappa shape index (κ3) is 5.80. The van der Waals surface area contributed by atoms with Gasteiger partial charge in [0.1, 0.15) is 5.75 Å². The highest BCUT2D eigenvalue weighted by atomic mass is 16.7. The molecule has 4 nitrogen and oxygen atoms in total. The van der Waals surface area contributed by atoms with E-state index in [9.17, 15) is 0 Å². The number of benzene rings is 2. The zero-order valence-corrected chi connectivity index (χ0v) is 17.6. The number of unbranched alkanes of at least 4 members (excludes halogenated alkanes) is 2. The van der Waals surface area contributed by atoms with Crippen LogP contribution in [0, 0.1) is 0 Å². The summed E-state index contributed by atoms with van der Waals surface area (Å²) in [6, 6.07) is 18.8. The number of hydrogen-bond acceptors (Lipinski definition) is 4. The van der Waals surface area contributed by atoms with Crippen molar-refractivity contribution < 1.29 is 14.2 Å². The van der Waals surface area contributed by atoms with Crippen LogP contribution in [0.25, 0.3) is 10.9 Å². The molecule has 0 spiro atoms. The standard InChI is InChI=1S/C26H31NO3/c1-3-10-21(11-4-1)12-5-2-7-18-28-24-16-15-22(26-23(24)13-9-17-27-26)20-30-25-14-6-8-19-29-25/h1,3-4,9-11,13,15-17,25H,2,5-8,12,14,18-20H2/t25-/m0/s1. The Morgan fingerprint density at radius 3 is 2.73 bits per heavy atom. The van der Waals surface area contributed by atoms with Crippen LogP contribution in [-0.4, -0.2) is 24.5 Å².